The Labute approximate surface area is 117 Å². The third-order valence-electron chi connectivity index (χ3n) is 3.07. The normalized spacial score (nSPS) is 12.1. The van der Waals surface area contributed by atoms with Crippen LogP contribution in [0.2, 0.25) is 0 Å². The molecule has 7 nitrogen and oxygen atoms in total. The number of nitro groups is 2. The van der Waals surface area contributed by atoms with Crippen molar-refractivity contribution in [2.75, 3.05) is 6.54 Å². The largest absolute Gasteiger partial charge is 0.314 e. The summed E-state index contributed by atoms with van der Waals surface area (Å²) in [7, 11) is 0. The molecule has 0 aromatic heterocycles. The number of rotatable bonds is 8. The van der Waals surface area contributed by atoms with Crippen LogP contribution in [0, 0.1) is 20.2 Å². The van der Waals surface area contributed by atoms with Gasteiger partial charge < -0.3 is 5.32 Å². The number of benzene rings is 1. The van der Waals surface area contributed by atoms with E-state index in [9.17, 15) is 20.2 Å². The Balaban J connectivity index is 2.79. The number of nitro benzene ring substituents is 2. The molecule has 0 spiro atoms. The van der Waals surface area contributed by atoms with Crippen LogP contribution in [-0.4, -0.2) is 22.4 Å². The van der Waals surface area contributed by atoms with Gasteiger partial charge in [0.25, 0.3) is 11.4 Å². The number of aryl methyl sites for hydroxylation is 1. The first-order chi connectivity index (χ1) is 9.45. The van der Waals surface area contributed by atoms with Crippen molar-refractivity contribution in [3.8, 4) is 0 Å². The van der Waals surface area contributed by atoms with Crippen molar-refractivity contribution in [2.45, 2.75) is 39.2 Å². The van der Waals surface area contributed by atoms with E-state index in [0.29, 0.717) is 12.0 Å². The topological polar surface area (TPSA) is 98.3 Å². The van der Waals surface area contributed by atoms with Gasteiger partial charge in [-0.15, -0.1) is 0 Å². The summed E-state index contributed by atoms with van der Waals surface area (Å²) < 4.78 is 0. The van der Waals surface area contributed by atoms with Crippen LogP contribution in [0.25, 0.3) is 0 Å². The van der Waals surface area contributed by atoms with Crippen LogP contribution in [0.4, 0.5) is 11.4 Å². The van der Waals surface area contributed by atoms with E-state index < -0.39 is 9.85 Å². The molecule has 0 fully saturated rings. The molecule has 0 aliphatic carbocycles. The molecule has 0 saturated carbocycles. The lowest BCUT2D eigenvalue weighted by molar-refractivity contribution is -0.394. The van der Waals surface area contributed by atoms with Gasteiger partial charge in [-0.2, -0.15) is 0 Å². The maximum Gasteiger partial charge on any atom is 0.279 e. The summed E-state index contributed by atoms with van der Waals surface area (Å²) in [5.41, 5.74) is 0.102. The van der Waals surface area contributed by atoms with E-state index in [1.54, 1.807) is 0 Å². The van der Waals surface area contributed by atoms with Gasteiger partial charge in [0.05, 0.1) is 15.9 Å². The van der Waals surface area contributed by atoms with E-state index in [-0.39, 0.29) is 17.4 Å². The van der Waals surface area contributed by atoms with Gasteiger partial charge in [-0.3, -0.25) is 20.2 Å². The van der Waals surface area contributed by atoms with Gasteiger partial charge in [-0.1, -0.05) is 6.92 Å². The fourth-order valence-electron chi connectivity index (χ4n) is 1.91. The van der Waals surface area contributed by atoms with Crippen molar-refractivity contribution in [3.05, 3.63) is 44.0 Å². The molecule has 1 rings (SSSR count). The number of non-ortho nitro benzene ring substituents is 1. The summed E-state index contributed by atoms with van der Waals surface area (Å²) >= 11 is 0. The monoisotopic (exact) mass is 281 g/mol. The van der Waals surface area contributed by atoms with Crippen molar-refractivity contribution < 1.29 is 9.85 Å². The maximum absolute atomic E-state index is 11.0. The smallest absolute Gasteiger partial charge is 0.279 e. The predicted molar refractivity (Wildman–Crippen MR) is 75.8 cm³/mol. The van der Waals surface area contributed by atoms with Gasteiger partial charge in [0, 0.05) is 17.7 Å². The van der Waals surface area contributed by atoms with Crippen molar-refractivity contribution in [1.29, 1.82) is 0 Å². The molecule has 1 N–H and O–H groups in total. The summed E-state index contributed by atoms with van der Waals surface area (Å²) in [6.07, 6.45) is 2.30. The second-order valence-electron chi connectivity index (χ2n) is 4.72. The Hall–Kier alpha value is -2.02. The first-order valence-electron chi connectivity index (χ1n) is 6.60. The zero-order valence-electron chi connectivity index (χ0n) is 11.7. The molecular formula is C13H19N3O4. The minimum Gasteiger partial charge on any atom is -0.314 e. The molecule has 0 aliphatic rings. The summed E-state index contributed by atoms with van der Waals surface area (Å²) in [4.78, 5) is 20.4. The highest BCUT2D eigenvalue weighted by Gasteiger charge is 2.19. The zero-order chi connectivity index (χ0) is 15.1. The number of nitrogens with zero attached hydrogens (tertiary/aromatic N) is 2. The molecule has 0 amide bonds. The Morgan fingerprint density at radius 2 is 1.95 bits per heavy atom. The molecular weight excluding hydrogens is 262 g/mol. The van der Waals surface area contributed by atoms with Crippen LogP contribution in [0.15, 0.2) is 18.2 Å². The van der Waals surface area contributed by atoms with E-state index in [2.05, 4.69) is 12.2 Å². The molecule has 110 valence electrons. The Kier molecular flexibility index (Phi) is 6.05. The number of hydrogen-bond acceptors (Lipinski definition) is 5. The molecule has 0 heterocycles. The molecule has 1 aromatic carbocycles. The molecule has 1 atom stereocenters. The first-order valence-corrected chi connectivity index (χ1v) is 6.60. The van der Waals surface area contributed by atoms with Crippen molar-refractivity contribution in [1.82, 2.24) is 5.32 Å². The molecule has 1 unspecified atom stereocenters. The van der Waals surface area contributed by atoms with Crippen molar-refractivity contribution in [3.63, 3.8) is 0 Å². The highest BCUT2D eigenvalue weighted by molar-refractivity contribution is 5.49. The summed E-state index contributed by atoms with van der Waals surface area (Å²) in [5.74, 6) is 0. The maximum atomic E-state index is 11.0. The molecule has 1 aromatic rings. The lowest BCUT2D eigenvalue weighted by Crippen LogP contribution is -2.27. The fourth-order valence-corrected chi connectivity index (χ4v) is 1.91. The summed E-state index contributed by atoms with van der Waals surface area (Å²) in [6.45, 7) is 5.00. The van der Waals surface area contributed by atoms with Gasteiger partial charge >= 0.3 is 0 Å². The third kappa shape index (κ3) is 4.58. The predicted octanol–water partition coefficient (Wildman–Crippen LogP) is 2.82. The van der Waals surface area contributed by atoms with E-state index in [4.69, 9.17) is 0 Å². The highest BCUT2D eigenvalue weighted by atomic mass is 16.6. The zero-order valence-corrected chi connectivity index (χ0v) is 11.7. The van der Waals surface area contributed by atoms with Crippen LogP contribution in [-0.2, 0) is 6.42 Å². The molecule has 7 heteroatoms. The summed E-state index contributed by atoms with van der Waals surface area (Å²) in [6, 6.07) is 4.07. The van der Waals surface area contributed by atoms with Gasteiger partial charge in [0.1, 0.15) is 0 Å². The quantitative estimate of drug-likeness (QED) is 0.583. The van der Waals surface area contributed by atoms with Crippen LogP contribution in [0.3, 0.4) is 0 Å². The summed E-state index contributed by atoms with van der Waals surface area (Å²) in [5, 5.41) is 24.9. The lowest BCUT2D eigenvalue weighted by Gasteiger charge is -2.12. The van der Waals surface area contributed by atoms with E-state index in [1.807, 2.05) is 6.92 Å². The van der Waals surface area contributed by atoms with Crippen LogP contribution >= 0.6 is 0 Å². The van der Waals surface area contributed by atoms with Crippen LogP contribution in [0.5, 0.6) is 0 Å². The minimum absolute atomic E-state index is 0.179. The average Bonchev–Trinajstić information content (AvgIpc) is 2.42. The SMILES string of the molecule is CCCNC(C)CCc1ccc([N+](=O)[O-])cc1[N+](=O)[O-]. The highest BCUT2D eigenvalue weighted by Crippen LogP contribution is 2.25. The second kappa shape index (κ2) is 7.54. The molecule has 0 radical (unpaired) electrons. The van der Waals surface area contributed by atoms with Gasteiger partial charge in [-0.05, 0) is 38.8 Å². The standard InChI is InChI=1S/C13H19N3O4/c1-3-8-14-10(2)4-5-11-6-7-12(15(17)18)9-13(11)16(19)20/h6-7,9-10,14H,3-5,8H2,1-2H3. The minimum atomic E-state index is -0.623. The fraction of sp³-hybridized carbons (Fsp3) is 0.538. The Morgan fingerprint density at radius 1 is 1.25 bits per heavy atom. The van der Waals surface area contributed by atoms with Gasteiger partial charge in [0.15, 0.2) is 0 Å². The molecule has 20 heavy (non-hydrogen) atoms. The second-order valence-corrected chi connectivity index (χ2v) is 4.72. The van der Waals surface area contributed by atoms with Gasteiger partial charge in [-0.25, -0.2) is 0 Å². The van der Waals surface area contributed by atoms with Gasteiger partial charge in [0.2, 0.25) is 0 Å². The van der Waals surface area contributed by atoms with Crippen molar-refractivity contribution >= 4 is 11.4 Å². The van der Waals surface area contributed by atoms with Crippen molar-refractivity contribution in [2.24, 2.45) is 0 Å². The third-order valence-corrected chi connectivity index (χ3v) is 3.07. The lowest BCUT2D eigenvalue weighted by atomic mass is 10.0. The van der Waals surface area contributed by atoms with E-state index >= 15 is 0 Å². The van der Waals surface area contributed by atoms with E-state index in [1.165, 1.54) is 12.1 Å². The van der Waals surface area contributed by atoms with E-state index in [0.717, 1.165) is 25.5 Å². The molecule has 0 aliphatic heterocycles. The molecule has 0 bridgehead atoms. The Bertz CT molecular complexity index is 491. The first kappa shape index (κ1) is 16.0. The molecule has 0 saturated heterocycles. The number of hydrogen-bond donors (Lipinski definition) is 1. The average molecular weight is 281 g/mol. The van der Waals surface area contributed by atoms with Crippen LogP contribution in [0.1, 0.15) is 32.3 Å². The number of nitrogens with one attached hydrogen (secondary N) is 1. The van der Waals surface area contributed by atoms with Crippen LogP contribution < -0.4 is 5.32 Å². The Morgan fingerprint density at radius 3 is 2.50 bits per heavy atom.